The van der Waals surface area contributed by atoms with Crippen LogP contribution in [-0.2, 0) is 4.74 Å². The second-order valence-electron chi connectivity index (χ2n) is 6.61. The molecule has 0 saturated carbocycles. The largest absolute Gasteiger partial charge is 0.394 e. The van der Waals surface area contributed by atoms with Gasteiger partial charge in [-0.1, -0.05) is 18.2 Å². The number of urea groups is 1. The first-order chi connectivity index (χ1) is 11.7. The molecule has 0 bridgehead atoms. The maximum atomic E-state index is 12.4. The topological polar surface area (TPSA) is 85.4 Å². The summed E-state index contributed by atoms with van der Waals surface area (Å²) >= 11 is 0. The summed E-state index contributed by atoms with van der Waals surface area (Å²) in [5.41, 5.74) is 7.59. The highest BCUT2D eigenvalue weighted by molar-refractivity contribution is 5.91. The van der Waals surface area contributed by atoms with Crippen molar-refractivity contribution in [2.75, 3.05) is 37.4 Å². The number of nitrogen functional groups attached to an aromatic ring is 1. The van der Waals surface area contributed by atoms with Gasteiger partial charge < -0.3 is 15.4 Å². The minimum absolute atomic E-state index is 0.142. The lowest BCUT2D eigenvalue weighted by Crippen LogP contribution is -2.61. The fraction of sp³-hybridized carbons (Fsp3) is 0.412. The number of rotatable bonds is 2. The fourth-order valence-corrected chi connectivity index (χ4v) is 3.41. The Balaban J connectivity index is 1.41. The molecule has 3 N–H and O–H groups in total. The van der Waals surface area contributed by atoms with Gasteiger partial charge in [-0.05, 0) is 25.0 Å². The number of hydrogen-bond donors (Lipinski definition) is 2. The zero-order valence-corrected chi connectivity index (χ0v) is 13.4. The van der Waals surface area contributed by atoms with Gasteiger partial charge in [0.25, 0.3) is 0 Å². The highest BCUT2D eigenvalue weighted by Gasteiger charge is 2.45. The normalized spacial score (nSPS) is 19.1. The van der Waals surface area contributed by atoms with E-state index in [1.165, 1.54) is 0 Å². The van der Waals surface area contributed by atoms with Gasteiger partial charge >= 0.3 is 6.03 Å². The van der Waals surface area contributed by atoms with Crippen LogP contribution in [-0.4, -0.2) is 47.0 Å². The van der Waals surface area contributed by atoms with E-state index in [-0.39, 0.29) is 11.4 Å². The molecule has 2 fully saturated rings. The number of carbonyl (C=O) groups is 1. The number of aromatic nitrogens is 2. The molecule has 7 nitrogen and oxygen atoms in total. The third kappa shape index (κ3) is 2.71. The zero-order chi connectivity index (χ0) is 16.6. The molecule has 2 aliphatic heterocycles. The molecule has 1 aromatic carbocycles. The molecule has 24 heavy (non-hydrogen) atoms. The van der Waals surface area contributed by atoms with Gasteiger partial charge in [0, 0.05) is 31.7 Å². The minimum Gasteiger partial charge on any atom is -0.394 e. The molecule has 0 aliphatic carbocycles. The van der Waals surface area contributed by atoms with Crippen molar-refractivity contribution < 1.29 is 9.53 Å². The molecule has 2 aromatic rings. The van der Waals surface area contributed by atoms with Gasteiger partial charge in [0.1, 0.15) is 0 Å². The third-order valence-electron chi connectivity index (χ3n) is 4.88. The lowest BCUT2D eigenvalue weighted by atomic mass is 9.73. The third-order valence-corrected chi connectivity index (χ3v) is 4.88. The SMILES string of the molecule is Nc1cn(-c2ccccc2)nc1NC(=O)N1CC2(CCOCC2)C1. The van der Waals surface area contributed by atoms with E-state index in [0.29, 0.717) is 11.5 Å². The Morgan fingerprint density at radius 3 is 2.62 bits per heavy atom. The first-order valence-electron chi connectivity index (χ1n) is 8.20. The maximum absolute atomic E-state index is 12.4. The molecule has 1 aromatic heterocycles. The maximum Gasteiger partial charge on any atom is 0.323 e. The number of anilines is 2. The van der Waals surface area contributed by atoms with Crippen LogP contribution in [0, 0.1) is 5.41 Å². The Labute approximate surface area is 140 Å². The number of carbonyl (C=O) groups excluding carboxylic acids is 1. The van der Waals surface area contributed by atoms with Crippen molar-refractivity contribution in [1.82, 2.24) is 14.7 Å². The summed E-state index contributed by atoms with van der Waals surface area (Å²) in [6.07, 6.45) is 3.77. The average molecular weight is 327 g/mol. The summed E-state index contributed by atoms with van der Waals surface area (Å²) in [5.74, 6) is 0.400. The van der Waals surface area contributed by atoms with Crippen LogP contribution < -0.4 is 11.1 Å². The van der Waals surface area contributed by atoms with E-state index in [1.54, 1.807) is 10.9 Å². The van der Waals surface area contributed by atoms with Gasteiger partial charge in [0.05, 0.1) is 17.6 Å². The number of ether oxygens (including phenoxy) is 1. The molecule has 0 atom stereocenters. The van der Waals surface area contributed by atoms with Crippen LogP contribution in [0.25, 0.3) is 5.69 Å². The van der Waals surface area contributed by atoms with E-state index < -0.39 is 0 Å². The van der Waals surface area contributed by atoms with E-state index in [0.717, 1.165) is 44.8 Å². The zero-order valence-electron chi connectivity index (χ0n) is 13.4. The van der Waals surface area contributed by atoms with E-state index in [4.69, 9.17) is 10.5 Å². The van der Waals surface area contributed by atoms with Crippen molar-refractivity contribution in [3.8, 4) is 5.69 Å². The Bertz CT molecular complexity index is 729. The number of benzene rings is 1. The van der Waals surface area contributed by atoms with E-state index in [9.17, 15) is 4.79 Å². The lowest BCUT2D eigenvalue weighted by molar-refractivity contribution is -0.0596. The molecule has 7 heteroatoms. The number of para-hydroxylation sites is 1. The van der Waals surface area contributed by atoms with Crippen LogP contribution >= 0.6 is 0 Å². The standard InChI is InChI=1S/C17H21N5O2/c18-14-10-22(13-4-2-1-3-5-13)20-15(14)19-16(23)21-11-17(12-21)6-8-24-9-7-17/h1-5,10H,6-9,11-12,18H2,(H,19,20,23). The number of nitrogens with one attached hydrogen (secondary N) is 1. The lowest BCUT2D eigenvalue weighted by Gasteiger charge is -2.51. The minimum atomic E-state index is -0.142. The average Bonchev–Trinajstić information content (AvgIpc) is 2.95. The number of likely N-dealkylation sites (tertiary alicyclic amines) is 1. The Hall–Kier alpha value is -2.54. The molecule has 126 valence electrons. The van der Waals surface area contributed by atoms with Crippen molar-refractivity contribution >= 4 is 17.5 Å². The molecule has 2 saturated heterocycles. The van der Waals surface area contributed by atoms with Crippen LogP contribution in [0.2, 0.25) is 0 Å². The second-order valence-corrected chi connectivity index (χ2v) is 6.61. The van der Waals surface area contributed by atoms with Crippen molar-refractivity contribution in [3.05, 3.63) is 36.5 Å². The molecule has 4 rings (SSSR count). The number of amides is 2. The summed E-state index contributed by atoms with van der Waals surface area (Å²) in [4.78, 5) is 14.2. The van der Waals surface area contributed by atoms with Crippen molar-refractivity contribution in [1.29, 1.82) is 0 Å². The number of nitrogens with zero attached hydrogens (tertiary/aromatic N) is 3. The van der Waals surface area contributed by atoms with Gasteiger partial charge in [0.2, 0.25) is 0 Å². The monoisotopic (exact) mass is 327 g/mol. The van der Waals surface area contributed by atoms with Crippen LogP contribution in [0.5, 0.6) is 0 Å². The van der Waals surface area contributed by atoms with E-state index in [1.807, 2.05) is 35.2 Å². The second kappa shape index (κ2) is 5.83. The smallest absolute Gasteiger partial charge is 0.323 e. The van der Waals surface area contributed by atoms with Gasteiger partial charge in [-0.15, -0.1) is 5.10 Å². The van der Waals surface area contributed by atoms with Crippen molar-refractivity contribution in [2.45, 2.75) is 12.8 Å². The fourth-order valence-electron chi connectivity index (χ4n) is 3.41. The molecule has 0 radical (unpaired) electrons. The summed E-state index contributed by atoms with van der Waals surface area (Å²) in [6.45, 7) is 3.15. The number of nitrogens with two attached hydrogens (primary N) is 1. The molecule has 0 unspecified atom stereocenters. The first-order valence-corrected chi connectivity index (χ1v) is 8.20. The summed E-state index contributed by atoms with van der Waals surface area (Å²) in [6, 6.07) is 9.52. The summed E-state index contributed by atoms with van der Waals surface area (Å²) < 4.78 is 7.07. The van der Waals surface area contributed by atoms with Crippen LogP contribution in [0.15, 0.2) is 36.5 Å². The van der Waals surface area contributed by atoms with Crippen LogP contribution in [0.3, 0.4) is 0 Å². The van der Waals surface area contributed by atoms with Gasteiger partial charge in [-0.3, -0.25) is 5.32 Å². The van der Waals surface area contributed by atoms with Crippen molar-refractivity contribution in [3.63, 3.8) is 0 Å². The van der Waals surface area contributed by atoms with Gasteiger partial charge in [-0.25, -0.2) is 9.48 Å². The molecular formula is C17H21N5O2. The molecule has 3 heterocycles. The molecular weight excluding hydrogens is 306 g/mol. The van der Waals surface area contributed by atoms with E-state index >= 15 is 0 Å². The Kier molecular flexibility index (Phi) is 3.65. The number of hydrogen-bond acceptors (Lipinski definition) is 4. The predicted octanol–water partition coefficient (Wildman–Crippen LogP) is 2.10. The summed E-state index contributed by atoms with van der Waals surface area (Å²) in [5, 5.41) is 7.20. The Morgan fingerprint density at radius 2 is 1.92 bits per heavy atom. The predicted molar refractivity (Wildman–Crippen MR) is 91.1 cm³/mol. The van der Waals surface area contributed by atoms with E-state index in [2.05, 4.69) is 10.4 Å². The molecule has 1 spiro atoms. The summed E-state index contributed by atoms with van der Waals surface area (Å²) in [7, 11) is 0. The van der Waals surface area contributed by atoms with Crippen LogP contribution in [0.4, 0.5) is 16.3 Å². The quantitative estimate of drug-likeness (QED) is 0.884. The van der Waals surface area contributed by atoms with Gasteiger partial charge in [-0.2, -0.15) is 0 Å². The Morgan fingerprint density at radius 1 is 1.21 bits per heavy atom. The first kappa shape index (κ1) is 15.0. The van der Waals surface area contributed by atoms with Crippen molar-refractivity contribution in [2.24, 2.45) is 5.41 Å². The molecule has 2 aliphatic rings. The highest BCUT2D eigenvalue weighted by atomic mass is 16.5. The van der Waals surface area contributed by atoms with Crippen LogP contribution in [0.1, 0.15) is 12.8 Å². The molecule has 2 amide bonds. The van der Waals surface area contributed by atoms with Gasteiger partial charge in [0.15, 0.2) is 5.82 Å². The highest BCUT2D eigenvalue weighted by Crippen LogP contribution is 2.40.